The Morgan fingerprint density at radius 3 is 2.38 bits per heavy atom. The van der Waals surface area contributed by atoms with Crippen molar-refractivity contribution in [2.75, 3.05) is 6.61 Å². The molecule has 0 amide bonds. The minimum absolute atomic E-state index is 0.00849. The molecule has 3 aromatic heterocycles. The maximum Gasteiger partial charge on any atom is 0.226 e. The van der Waals surface area contributed by atoms with E-state index in [1.165, 1.54) is 0 Å². The molecule has 8 nitrogen and oxygen atoms in total. The Morgan fingerprint density at radius 2 is 1.77 bits per heavy atom. The maximum absolute atomic E-state index is 13.9. The molecular weight excluding hydrogens is 528 g/mol. The third-order valence-electron chi connectivity index (χ3n) is 8.72. The van der Waals surface area contributed by atoms with Crippen LogP contribution in [-0.2, 0) is 14.3 Å². The average molecular weight is 569 g/mol. The van der Waals surface area contributed by atoms with Crippen LogP contribution in [0.2, 0.25) is 18.1 Å². The van der Waals surface area contributed by atoms with Crippen LogP contribution in [0.15, 0.2) is 52.5 Å². The molecule has 39 heavy (non-hydrogen) atoms. The van der Waals surface area contributed by atoms with Gasteiger partial charge in [0.05, 0.1) is 10.4 Å². The van der Waals surface area contributed by atoms with Crippen LogP contribution >= 0.6 is 0 Å². The lowest BCUT2D eigenvalue weighted by Gasteiger charge is -2.39. The van der Waals surface area contributed by atoms with E-state index in [-0.39, 0.29) is 33.7 Å². The van der Waals surface area contributed by atoms with Crippen LogP contribution in [0.1, 0.15) is 71.3 Å². The normalized spacial score (nSPS) is 20.1. The molecule has 0 saturated heterocycles. The lowest BCUT2D eigenvalue weighted by atomic mass is 9.86. The average Bonchev–Trinajstić information content (AvgIpc) is 3.52. The number of aromatic nitrogens is 4. The molecule has 0 unspecified atom stereocenters. The number of aromatic amines is 1. The van der Waals surface area contributed by atoms with Crippen molar-refractivity contribution >= 4 is 40.2 Å². The number of rotatable bonds is 7. The Morgan fingerprint density at radius 1 is 1.10 bits per heavy atom. The second-order valence-corrected chi connectivity index (χ2v) is 19.0. The monoisotopic (exact) mass is 568 g/mol. The first-order valence-corrected chi connectivity index (χ1v) is 18.2. The third kappa shape index (κ3) is 4.96. The first-order valence-electron chi connectivity index (χ1n) is 13.8. The molecule has 3 heterocycles. The minimum atomic E-state index is -3.94. The van der Waals surface area contributed by atoms with Crippen molar-refractivity contribution in [1.29, 1.82) is 0 Å². The molecule has 1 saturated carbocycles. The second kappa shape index (κ2) is 10.1. The van der Waals surface area contributed by atoms with Crippen molar-refractivity contribution < 1.29 is 18.0 Å². The van der Waals surface area contributed by atoms with Crippen LogP contribution in [-0.4, -0.2) is 48.0 Å². The summed E-state index contributed by atoms with van der Waals surface area (Å²) in [4.78, 5) is 13.0. The zero-order valence-electron chi connectivity index (χ0n) is 23.7. The van der Waals surface area contributed by atoms with Crippen molar-refractivity contribution in [3.8, 4) is 0 Å². The van der Waals surface area contributed by atoms with E-state index in [1.807, 2.05) is 13.0 Å². The van der Waals surface area contributed by atoms with Gasteiger partial charge in [-0.25, -0.2) is 18.4 Å². The Bertz CT molecular complexity index is 1580. The SMILES string of the molecule is C[C@@H](O[Si](C)(C)C(C)(C)C)c1nc2c(S(=O)(=O)c3ccccc3)nc3[nH]ccc3c2n1C1CCC(CO)CC1. The van der Waals surface area contributed by atoms with Gasteiger partial charge in [0, 0.05) is 24.2 Å². The van der Waals surface area contributed by atoms with Gasteiger partial charge >= 0.3 is 0 Å². The van der Waals surface area contributed by atoms with E-state index >= 15 is 0 Å². The number of aliphatic hydroxyl groups is 1. The third-order valence-corrected chi connectivity index (χ3v) is 15.0. The number of aliphatic hydroxyl groups excluding tert-OH is 1. The molecule has 1 atom stereocenters. The molecule has 2 N–H and O–H groups in total. The van der Waals surface area contributed by atoms with Gasteiger partial charge in [-0.1, -0.05) is 39.0 Å². The maximum atomic E-state index is 13.9. The molecule has 210 valence electrons. The number of hydrogen-bond donors (Lipinski definition) is 2. The van der Waals surface area contributed by atoms with Crippen molar-refractivity contribution in [2.45, 2.75) is 93.6 Å². The van der Waals surface area contributed by atoms with Crippen LogP contribution in [0.5, 0.6) is 0 Å². The predicted molar refractivity (Wildman–Crippen MR) is 156 cm³/mol. The van der Waals surface area contributed by atoms with Crippen LogP contribution in [0, 0.1) is 5.92 Å². The Labute approximate surface area is 231 Å². The van der Waals surface area contributed by atoms with Gasteiger partial charge in [0.1, 0.15) is 23.1 Å². The molecule has 5 rings (SSSR count). The number of sulfone groups is 1. The standard InChI is InChI=1S/C29H40N4O4SSi/c1-19(37-39(5,6)29(2,3)4)27-31-24-25(33(27)21-14-12-20(18-34)13-15-21)23-16-17-30-26(23)32-28(24)38(35,36)22-10-8-7-9-11-22/h7-11,16-17,19-21,34H,12-15,18H2,1-6H3,(H,30,32)/t19-,20?,21?/m1/s1. The van der Waals surface area contributed by atoms with Crippen LogP contribution in [0.25, 0.3) is 22.1 Å². The topological polar surface area (TPSA) is 110 Å². The summed E-state index contributed by atoms with van der Waals surface area (Å²) < 4.78 is 37.0. The first kappa shape index (κ1) is 28.0. The molecule has 1 aromatic carbocycles. The Balaban J connectivity index is 1.77. The van der Waals surface area contributed by atoms with E-state index < -0.39 is 18.2 Å². The highest BCUT2D eigenvalue weighted by molar-refractivity contribution is 7.91. The molecule has 0 aliphatic heterocycles. The lowest BCUT2D eigenvalue weighted by molar-refractivity contribution is 0.157. The number of benzene rings is 1. The van der Waals surface area contributed by atoms with Crippen molar-refractivity contribution in [3.63, 3.8) is 0 Å². The van der Waals surface area contributed by atoms with Crippen LogP contribution < -0.4 is 0 Å². The van der Waals surface area contributed by atoms with Gasteiger partial charge in [-0.3, -0.25) is 0 Å². The number of imidazole rings is 1. The zero-order valence-corrected chi connectivity index (χ0v) is 25.5. The zero-order chi connectivity index (χ0) is 28.2. The number of fused-ring (bicyclic) bond motifs is 3. The Kier molecular flexibility index (Phi) is 7.28. The van der Waals surface area contributed by atoms with Crippen LogP contribution in [0.4, 0.5) is 0 Å². The van der Waals surface area contributed by atoms with Crippen LogP contribution in [0.3, 0.4) is 0 Å². The van der Waals surface area contributed by atoms with Gasteiger partial charge in [-0.2, -0.15) is 0 Å². The van der Waals surface area contributed by atoms with E-state index in [1.54, 1.807) is 36.5 Å². The summed E-state index contributed by atoms with van der Waals surface area (Å²) in [6, 6.07) is 10.5. The fraction of sp³-hybridized carbons (Fsp3) is 0.517. The molecule has 0 radical (unpaired) electrons. The number of H-pyrrole nitrogens is 1. The summed E-state index contributed by atoms with van der Waals surface area (Å²) in [5.41, 5.74) is 1.69. The molecule has 10 heteroatoms. The highest BCUT2D eigenvalue weighted by Gasteiger charge is 2.40. The molecule has 1 aliphatic rings. The fourth-order valence-electron chi connectivity index (χ4n) is 5.47. The van der Waals surface area contributed by atoms with Crippen molar-refractivity contribution in [1.82, 2.24) is 19.5 Å². The largest absolute Gasteiger partial charge is 0.407 e. The Hall–Kier alpha value is -2.53. The summed E-state index contributed by atoms with van der Waals surface area (Å²) in [5, 5.41) is 10.6. The fourth-order valence-corrected chi connectivity index (χ4v) is 8.16. The van der Waals surface area contributed by atoms with Gasteiger partial charge in [-0.05, 0) is 74.9 Å². The van der Waals surface area contributed by atoms with E-state index in [4.69, 9.17) is 9.41 Å². The highest BCUT2D eigenvalue weighted by atomic mass is 32.2. The quantitative estimate of drug-likeness (QED) is 0.245. The lowest BCUT2D eigenvalue weighted by Crippen LogP contribution is -2.41. The van der Waals surface area contributed by atoms with Gasteiger partial charge in [0.15, 0.2) is 13.3 Å². The number of nitrogens with one attached hydrogen (secondary N) is 1. The molecule has 0 spiro atoms. The van der Waals surface area contributed by atoms with Gasteiger partial charge < -0.3 is 19.1 Å². The molecule has 4 aromatic rings. The van der Waals surface area contributed by atoms with E-state index in [9.17, 15) is 13.5 Å². The second-order valence-electron chi connectivity index (χ2n) is 12.4. The first-order chi connectivity index (χ1) is 18.3. The number of hydrogen-bond acceptors (Lipinski definition) is 6. The predicted octanol–water partition coefficient (Wildman–Crippen LogP) is 6.55. The summed E-state index contributed by atoms with van der Waals surface area (Å²) in [6.07, 6.45) is 5.04. The summed E-state index contributed by atoms with van der Waals surface area (Å²) >= 11 is 0. The summed E-state index contributed by atoms with van der Waals surface area (Å²) in [6.45, 7) is 13.3. The summed E-state index contributed by atoms with van der Waals surface area (Å²) in [7, 11) is -6.10. The minimum Gasteiger partial charge on any atom is -0.407 e. The van der Waals surface area contributed by atoms with Crippen molar-refractivity contribution in [3.05, 3.63) is 48.4 Å². The van der Waals surface area contributed by atoms with Gasteiger partial charge in [0.25, 0.3) is 0 Å². The van der Waals surface area contributed by atoms with E-state index in [0.29, 0.717) is 17.1 Å². The molecule has 1 aliphatic carbocycles. The molecule has 0 bridgehead atoms. The number of pyridine rings is 1. The highest BCUT2D eigenvalue weighted by Crippen LogP contribution is 2.43. The molecular formula is C29H40N4O4SSi. The van der Waals surface area contributed by atoms with E-state index in [2.05, 4.69) is 48.4 Å². The molecule has 1 fully saturated rings. The van der Waals surface area contributed by atoms with Gasteiger partial charge in [0.2, 0.25) is 9.84 Å². The smallest absolute Gasteiger partial charge is 0.226 e. The summed E-state index contributed by atoms with van der Waals surface area (Å²) in [5.74, 6) is 1.03. The van der Waals surface area contributed by atoms with Crippen molar-refractivity contribution in [2.24, 2.45) is 5.92 Å². The van der Waals surface area contributed by atoms with Gasteiger partial charge in [-0.15, -0.1) is 0 Å². The van der Waals surface area contributed by atoms with E-state index in [0.717, 1.165) is 42.4 Å². The number of nitrogens with zero attached hydrogens (tertiary/aromatic N) is 3.